The van der Waals surface area contributed by atoms with Gasteiger partial charge in [0, 0.05) is 54.8 Å². The van der Waals surface area contributed by atoms with E-state index in [2.05, 4.69) is 41.2 Å². The van der Waals surface area contributed by atoms with Crippen LogP contribution in [0.3, 0.4) is 0 Å². The highest BCUT2D eigenvalue weighted by Gasteiger charge is 2.46. The van der Waals surface area contributed by atoms with E-state index in [0.29, 0.717) is 29.9 Å². The molecule has 8 rings (SSSR count). The molecule has 3 atom stereocenters. The summed E-state index contributed by atoms with van der Waals surface area (Å²) in [5.74, 6) is -0.557. The summed E-state index contributed by atoms with van der Waals surface area (Å²) in [5, 5.41) is 21.0. The highest BCUT2D eigenvalue weighted by Crippen LogP contribution is 2.49. The number of rotatable bonds is 12. The summed E-state index contributed by atoms with van der Waals surface area (Å²) in [6.45, 7) is 18.1. The van der Waals surface area contributed by atoms with Crippen LogP contribution in [0, 0.1) is 22.6 Å². The smallest absolute Gasteiger partial charge is 0.319 e. The summed E-state index contributed by atoms with van der Waals surface area (Å²) < 4.78 is 45.2. The first-order chi connectivity index (χ1) is 26.5. The number of nitrogens with zero attached hydrogens (tertiary/aromatic N) is 6. The molecule has 0 radical (unpaired) electrons. The van der Waals surface area contributed by atoms with Crippen molar-refractivity contribution in [2.75, 3.05) is 56.5 Å². The fraction of sp³-hybridized carbons (Fsp3) is 0.595. The van der Waals surface area contributed by atoms with Crippen LogP contribution in [0.2, 0.25) is 0 Å². The average Bonchev–Trinajstić information content (AvgIpc) is 3.56. The molecule has 2 aromatic heterocycles. The van der Waals surface area contributed by atoms with Gasteiger partial charge in [-0.25, -0.2) is 8.78 Å². The van der Waals surface area contributed by atoms with Crippen LogP contribution in [0.25, 0.3) is 22.3 Å². The van der Waals surface area contributed by atoms with Crippen LogP contribution in [-0.2, 0) is 18.0 Å². The molecule has 1 aromatic carbocycles. The number of unbranched alkanes of at least 4 members (excludes halogenated alkanes) is 1. The maximum atomic E-state index is 17.5. The third kappa shape index (κ3) is 7.73. The van der Waals surface area contributed by atoms with E-state index in [1.165, 1.54) is 31.8 Å². The Morgan fingerprint density at radius 3 is 2.40 bits per heavy atom. The molecule has 4 aliphatic heterocycles. The Morgan fingerprint density at radius 1 is 1.13 bits per heavy atom. The third-order valence-corrected chi connectivity index (χ3v) is 13.0. The first-order valence-electron chi connectivity index (χ1n) is 20.0. The van der Waals surface area contributed by atoms with E-state index in [1.807, 2.05) is 6.92 Å². The van der Waals surface area contributed by atoms with Gasteiger partial charge in [0.05, 0.1) is 41.8 Å². The van der Waals surface area contributed by atoms with Gasteiger partial charge in [0.15, 0.2) is 5.82 Å². The fourth-order valence-corrected chi connectivity index (χ4v) is 9.86. The van der Waals surface area contributed by atoms with Crippen molar-refractivity contribution >= 4 is 44.5 Å². The van der Waals surface area contributed by atoms with Gasteiger partial charge in [-0.05, 0) is 82.2 Å². The molecule has 55 heavy (non-hydrogen) atoms. The van der Waals surface area contributed by atoms with E-state index in [4.69, 9.17) is 25.2 Å². The number of nitrogens with two attached hydrogens (primary N) is 1. The van der Waals surface area contributed by atoms with E-state index in [-0.39, 0.29) is 74.4 Å². The summed E-state index contributed by atoms with van der Waals surface area (Å²) in [7, 11) is 0. The summed E-state index contributed by atoms with van der Waals surface area (Å²) in [5.41, 5.74) is 8.23. The Kier molecular flexibility index (Phi) is 11.8. The van der Waals surface area contributed by atoms with Gasteiger partial charge in [0.2, 0.25) is 0 Å². The minimum Gasteiger partial charge on any atom is -0.463 e. The molecule has 296 valence electrons. The molecule has 6 heterocycles. The molecule has 0 amide bonds. The first kappa shape index (κ1) is 39.6. The Hall–Kier alpha value is -3.67. The van der Waals surface area contributed by atoms with Crippen LogP contribution in [0.15, 0.2) is 12.7 Å². The predicted octanol–water partition coefficient (Wildman–Crippen LogP) is 7.80. The molecule has 4 fully saturated rings. The van der Waals surface area contributed by atoms with Crippen molar-refractivity contribution in [3.63, 3.8) is 0 Å². The topological polar surface area (TPSA) is 124 Å². The minimum atomic E-state index is -0.633. The number of aromatic nitrogens is 2. The van der Waals surface area contributed by atoms with Crippen LogP contribution < -0.4 is 15.4 Å². The van der Waals surface area contributed by atoms with E-state index in [0.717, 1.165) is 75.3 Å². The lowest BCUT2D eigenvalue weighted by Gasteiger charge is -2.42. The Bertz CT molecular complexity index is 1980. The number of benzene rings is 1. The molecule has 1 aliphatic carbocycles. The second-order valence-electron chi connectivity index (χ2n) is 16.1. The average molecular weight is 776 g/mol. The molecular weight excluding hydrogens is 721 g/mol. The molecular formula is C42H55F2N7O3S. The predicted molar refractivity (Wildman–Crippen MR) is 215 cm³/mol. The van der Waals surface area contributed by atoms with Crippen molar-refractivity contribution in [2.45, 2.75) is 110 Å². The lowest BCUT2D eigenvalue weighted by molar-refractivity contribution is 0.111. The fourth-order valence-electron chi connectivity index (χ4n) is 8.85. The van der Waals surface area contributed by atoms with Crippen molar-refractivity contribution in [2.24, 2.45) is 5.41 Å². The van der Waals surface area contributed by atoms with Gasteiger partial charge in [0.1, 0.15) is 28.2 Å². The molecule has 3 unspecified atom stereocenters. The number of aliphatic hydroxyl groups is 1. The number of nitriles is 1. The lowest BCUT2D eigenvalue weighted by atomic mass is 9.88. The van der Waals surface area contributed by atoms with Gasteiger partial charge in [-0.15, -0.1) is 11.3 Å². The summed E-state index contributed by atoms with van der Waals surface area (Å²) in [6, 6.07) is 2.46. The highest BCUT2D eigenvalue weighted by molar-refractivity contribution is 7.17. The van der Waals surface area contributed by atoms with E-state index in [1.54, 1.807) is 6.92 Å². The molecule has 3 N–H and O–H groups in total. The highest BCUT2D eigenvalue weighted by atomic mass is 32.1. The van der Waals surface area contributed by atoms with Crippen LogP contribution in [0.4, 0.5) is 19.6 Å². The van der Waals surface area contributed by atoms with Crippen molar-refractivity contribution in [3.05, 3.63) is 51.2 Å². The Morgan fingerprint density at radius 2 is 1.80 bits per heavy atom. The maximum Gasteiger partial charge on any atom is 0.319 e. The van der Waals surface area contributed by atoms with Crippen LogP contribution >= 0.6 is 11.3 Å². The van der Waals surface area contributed by atoms with Crippen LogP contribution in [0.5, 0.6) is 6.01 Å². The third-order valence-electron chi connectivity index (χ3n) is 11.9. The molecule has 2 bridgehead atoms. The SMILES string of the molecule is C=C(c1c(/C(F)=C\C)sc(N)c1C#N)c1c2c(c3c(N4C5CCC4CN(CC(C)O)C5)nc(OCC4(CN5CCCC5)CC4)nc3c1F)COC2.CCCC. The number of anilines is 2. The maximum absolute atomic E-state index is 17.5. The van der Waals surface area contributed by atoms with E-state index >= 15 is 8.78 Å². The Labute approximate surface area is 327 Å². The van der Waals surface area contributed by atoms with Crippen LogP contribution in [0.1, 0.15) is 112 Å². The quantitative estimate of drug-likeness (QED) is 0.188. The zero-order valence-electron chi connectivity index (χ0n) is 32.7. The molecule has 10 nitrogen and oxygen atoms in total. The number of hydrogen-bond donors (Lipinski definition) is 2. The number of thiophene rings is 1. The number of β-amino-alcohol motifs (C(OH)–C–C–N with tert-alkyl or cyclic N) is 1. The van der Waals surface area contributed by atoms with Gasteiger partial charge in [-0.2, -0.15) is 15.2 Å². The van der Waals surface area contributed by atoms with E-state index < -0.39 is 17.7 Å². The molecule has 5 aliphatic rings. The van der Waals surface area contributed by atoms with Crippen molar-refractivity contribution in [3.8, 4) is 12.1 Å². The number of ether oxygens (including phenoxy) is 2. The second-order valence-corrected chi connectivity index (χ2v) is 17.1. The number of halogens is 2. The van der Waals surface area contributed by atoms with Gasteiger partial charge in [-0.1, -0.05) is 39.3 Å². The van der Waals surface area contributed by atoms with Crippen molar-refractivity contribution in [1.82, 2.24) is 19.8 Å². The number of nitrogen functional groups attached to an aromatic ring is 1. The molecule has 3 saturated heterocycles. The normalized spacial score (nSPS) is 22.4. The molecule has 3 aromatic rings. The van der Waals surface area contributed by atoms with Gasteiger partial charge < -0.3 is 30.1 Å². The number of allylic oxidation sites excluding steroid dienone is 1. The summed E-state index contributed by atoms with van der Waals surface area (Å²) in [6.07, 6.45) is 9.98. The first-order valence-corrected chi connectivity index (χ1v) is 20.8. The number of piperazine rings is 1. The number of aliphatic hydroxyl groups excluding tert-OH is 1. The zero-order valence-corrected chi connectivity index (χ0v) is 33.5. The second kappa shape index (κ2) is 16.4. The standard InChI is InChI=1S/C38H45F2N7O3S.C4H10/c1-4-28(39)34-30(25(13-41)35(42)51-34)22(3)29-26-17-49-18-27(26)31-33(32(29)40)43-37(50-20-38(9-10-38)19-45-11-5-6-12-45)44-36(31)47-23-7-8-24(47)16-46(15-23)14-21(2)48;1-3-4-2/h4,21,23-24,48H,3,5-12,14-20,42H2,1-2H3;3-4H2,1-2H3/b28-4+;. The number of likely N-dealkylation sites (tertiary alicyclic amines) is 2. The van der Waals surface area contributed by atoms with Crippen molar-refractivity contribution in [1.29, 1.82) is 5.26 Å². The van der Waals surface area contributed by atoms with Gasteiger partial charge >= 0.3 is 6.01 Å². The molecule has 1 saturated carbocycles. The van der Waals surface area contributed by atoms with Gasteiger partial charge in [0.25, 0.3) is 0 Å². The van der Waals surface area contributed by atoms with Gasteiger partial charge in [-0.3, -0.25) is 4.90 Å². The van der Waals surface area contributed by atoms with Crippen molar-refractivity contribution < 1.29 is 23.4 Å². The molecule has 13 heteroatoms. The largest absolute Gasteiger partial charge is 0.463 e. The number of fused-ring (bicyclic) bond motifs is 5. The Balaban J connectivity index is 0.00000111. The minimum absolute atomic E-state index is 0.0398. The zero-order chi connectivity index (χ0) is 39.0. The van der Waals surface area contributed by atoms with Crippen LogP contribution in [-0.4, -0.2) is 88.9 Å². The monoisotopic (exact) mass is 775 g/mol. The summed E-state index contributed by atoms with van der Waals surface area (Å²) >= 11 is 0.947. The lowest BCUT2D eigenvalue weighted by Crippen LogP contribution is -2.55. The summed E-state index contributed by atoms with van der Waals surface area (Å²) in [4.78, 5) is 17.2. The number of hydrogen-bond acceptors (Lipinski definition) is 11. The molecule has 0 spiro atoms. The van der Waals surface area contributed by atoms with E-state index in [9.17, 15) is 10.4 Å².